The average molecular weight is 455 g/mol. The maximum atomic E-state index is 12.6. The van der Waals surface area contributed by atoms with Crippen LogP contribution in [-0.4, -0.2) is 30.1 Å². The number of ether oxygens (including phenoxy) is 1. The van der Waals surface area contributed by atoms with Crippen LogP contribution in [0.2, 0.25) is 0 Å². The molecule has 1 N–H and O–H groups in total. The molecular weight excluding hydrogens is 424 g/mol. The predicted octanol–water partition coefficient (Wildman–Crippen LogP) is 5.04. The van der Waals surface area contributed by atoms with E-state index in [0.717, 1.165) is 11.3 Å². The van der Waals surface area contributed by atoms with Crippen LogP contribution in [0.3, 0.4) is 0 Å². The molecule has 1 fully saturated rings. The SMILES string of the molecule is CCOC(=O)CCC(=O)Nc1ccc([C@@H]2SCC(=O)N2c2ccc(C(C)(C)C)cc2)cc1. The van der Waals surface area contributed by atoms with Crippen molar-refractivity contribution in [1.82, 2.24) is 0 Å². The number of amides is 2. The highest BCUT2D eigenvalue weighted by Crippen LogP contribution is 2.42. The fourth-order valence-corrected chi connectivity index (χ4v) is 4.65. The van der Waals surface area contributed by atoms with Crippen molar-refractivity contribution in [2.75, 3.05) is 22.6 Å². The van der Waals surface area contributed by atoms with Crippen molar-refractivity contribution in [2.24, 2.45) is 0 Å². The molecule has 0 aromatic heterocycles. The van der Waals surface area contributed by atoms with Crippen molar-refractivity contribution in [1.29, 1.82) is 0 Å². The number of rotatable bonds is 7. The molecule has 2 aromatic rings. The number of benzene rings is 2. The molecule has 32 heavy (non-hydrogen) atoms. The quantitative estimate of drug-likeness (QED) is 0.593. The molecule has 0 aliphatic carbocycles. The number of hydrogen-bond donors (Lipinski definition) is 1. The van der Waals surface area contributed by atoms with E-state index >= 15 is 0 Å². The van der Waals surface area contributed by atoms with Crippen molar-refractivity contribution in [3.8, 4) is 0 Å². The number of hydrogen-bond acceptors (Lipinski definition) is 5. The lowest BCUT2D eigenvalue weighted by molar-refractivity contribution is -0.144. The molecule has 1 aliphatic rings. The molecule has 1 saturated heterocycles. The third kappa shape index (κ3) is 5.91. The van der Waals surface area contributed by atoms with Gasteiger partial charge in [0.1, 0.15) is 5.37 Å². The molecule has 0 saturated carbocycles. The topological polar surface area (TPSA) is 75.7 Å². The minimum atomic E-state index is -0.378. The van der Waals surface area contributed by atoms with Crippen LogP contribution in [0.25, 0.3) is 0 Å². The van der Waals surface area contributed by atoms with Gasteiger partial charge in [0.25, 0.3) is 0 Å². The Morgan fingerprint density at radius 2 is 1.72 bits per heavy atom. The van der Waals surface area contributed by atoms with Gasteiger partial charge in [-0.05, 0) is 47.7 Å². The number of carbonyl (C=O) groups is 3. The Morgan fingerprint density at radius 1 is 1.06 bits per heavy atom. The lowest BCUT2D eigenvalue weighted by Gasteiger charge is -2.26. The molecule has 0 spiro atoms. The summed E-state index contributed by atoms with van der Waals surface area (Å²) in [6.45, 7) is 8.54. The van der Waals surface area contributed by atoms with E-state index in [1.807, 2.05) is 41.3 Å². The first-order valence-corrected chi connectivity index (χ1v) is 11.8. The molecule has 1 aliphatic heterocycles. The fraction of sp³-hybridized carbons (Fsp3) is 0.400. The summed E-state index contributed by atoms with van der Waals surface area (Å²) in [7, 11) is 0. The third-order valence-corrected chi connectivity index (χ3v) is 6.43. The Bertz CT molecular complexity index is 965. The van der Waals surface area contributed by atoms with Gasteiger partial charge in [0, 0.05) is 17.8 Å². The Morgan fingerprint density at radius 3 is 2.31 bits per heavy atom. The Kier molecular flexibility index (Phi) is 7.61. The lowest BCUT2D eigenvalue weighted by atomic mass is 9.87. The van der Waals surface area contributed by atoms with Crippen LogP contribution in [0.1, 0.15) is 57.0 Å². The van der Waals surface area contributed by atoms with E-state index in [1.165, 1.54) is 5.56 Å². The van der Waals surface area contributed by atoms with Gasteiger partial charge in [0.15, 0.2) is 0 Å². The van der Waals surface area contributed by atoms with Crippen molar-refractivity contribution in [3.05, 3.63) is 59.7 Å². The molecule has 0 unspecified atom stereocenters. The molecule has 1 atom stereocenters. The van der Waals surface area contributed by atoms with Crippen molar-refractivity contribution >= 4 is 40.9 Å². The molecular formula is C25H30N2O4S. The molecule has 2 aromatic carbocycles. The molecule has 2 amide bonds. The Hall–Kier alpha value is -2.80. The molecule has 0 bridgehead atoms. The van der Waals surface area contributed by atoms with Gasteiger partial charge in [0.05, 0.1) is 18.8 Å². The molecule has 6 nitrogen and oxygen atoms in total. The van der Waals surface area contributed by atoms with Crippen LogP contribution in [0.5, 0.6) is 0 Å². The van der Waals surface area contributed by atoms with Crippen molar-refractivity contribution in [2.45, 2.75) is 51.3 Å². The minimum Gasteiger partial charge on any atom is -0.466 e. The fourth-order valence-electron chi connectivity index (χ4n) is 3.48. The summed E-state index contributed by atoms with van der Waals surface area (Å²) in [5.41, 5.74) is 3.80. The summed E-state index contributed by atoms with van der Waals surface area (Å²) in [4.78, 5) is 37.9. The summed E-state index contributed by atoms with van der Waals surface area (Å²) < 4.78 is 4.84. The molecule has 0 radical (unpaired) electrons. The van der Waals surface area contributed by atoms with Gasteiger partial charge in [-0.25, -0.2) is 0 Å². The van der Waals surface area contributed by atoms with Crippen LogP contribution in [0, 0.1) is 0 Å². The van der Waals surface area contributed by atoms with E-state index in [2.05, 4.69) is 38.2 Å². The maximum absolute atomic E-state index is 12.6. The van der Waals surface area contributed by atoms with E-state index in [0.29, 0.717) is 18.0 Å². The van der Waals surface area contributed by atoms with E-state index in [4.69, 9.17) is 4.74 Å². The highest BCUT2D eigenvalue weighted by atomic mass is 32.2. The zero-order valence-corrected chi connectivity index (χ0v) is 19.8. The van der Waals surface area contributed by atoms with Gasteiger partial charge in [-0.2, -0.15) is 0 Å². The third-order valence-electron chi connectivity index (χ3n) is 5.22. The summed E-state index contributed by atoms with van der Waals surface area (Å²) in [6.07, 6.45) is 0.132. The summed E-state index contributed by atoms with van der Waals surface area (Å²) >= 11 is 1.59. The molecule has 7 heteroatoms. The van der Waals surface area contributed by atoms with Gasteiger partial charge in [0.2, 0.25) is 11.8 Å². The Balaban J connectivity index is 1.67. The Labute approximate surface area is 193 Å². The van der Waals surface area contributed by atoms with Gasteiger partial charge in [-0.3, -0.25) is 19.3 Å². The number of esters is 1. The molecule has 170 valence electrons. The van der Waals surface area contributed by atoms with Crippen molar-refractivity contribution < 1.29 is 19.1 Å². The monoisotopic (exact) mass is 454 g/mol. The second-order valence-corrected chi connectivity index (χ2v) is 9.77. The standard InChI is InChI=1S/C25H30N2O4S/c1-5-31-23(30)15-14-21(28)26-19-10-6-17(7-11-19)24-27(22(29)16-32-24)20-12-8-18(9-13-20)25(2,3)4/h6-13,24H,5,14-16H2,1-4H3,(H,26,28)/t24-/m0/s1. The maximum Gasteiger partial charge on any atom is 0.306 e. The van der Waals surface area contributed by atoms with E-state index in [1.54, 1.807) is 18.7 Å². The zero-order valence-electron chi connectivity index (χ0n) is 19.0. The second-order valence-electron chi connectivity index (χ2n) is 8.70. The molecule has 3 rings (SSSR count). The van der Waals surface area contributed by atoms with Gasteiger partial charge < -0.3 is 10.1 Å². The zero-order chi connectivity index (χ0) is 23.3. The average Bonchev–Trinajstić information content (AvgIpc) is 3.14. The summed E-state index contributed by atoms with van der Waals surface area (Å²) in [5.74, 6) is -0.105. The van der Waals surface area contributed by atoms with Crippen LogP contribution < -0.4 is 10.2 Å². The van der Waals surface area contributed by atoms with Gasteiger partial charge in [-0.15, -0.1) is 11.8 Å². The van der Waals surface area contributed by atoms with Crippen LogP contribution in [0.4, 0.5) is 11.4 Å². The van der Waals surface area contributed by atoms with E-state index in [-0.39, 0.29) is 41.4 Å². The number of nitrogens with one attached hydrogen (secondary N) is 1. The molecule has 1 heterocycles. The highest BCUT2D eigenvalue weighted by molar-refractivity contribution is 8.00. The second kappa shape index (κ2) is 10.2. The van der Waals surface area contributed by atoms with Gasteiger partial charge in [-0.1, -0.05) is 45.0 Å². The lowest BCUT2D eigenvalue weighted by Crippen LogP contribution is -2.28. The number of nitrogens with zero attached hydrogens (tertiary/aromatic N) is 1. The van der Waals surface area contributed by atoms with E-state index < -0.39 is 0 Å². The largest absolute Gasteiger partial charge is 0.466 e. The predicted molar refractivity (Wildman–Crippen MR) is 129 cm³/mol. The smallest absolute Gasteiger partial charge is 0.306 e. The number of carbonyl (C=O) groups excluding carboxylic acids is 3. The van der Waals surface area contributed by atoms with Crippen molar-refractivity contribution in [3.63, 3.8) is 0 Å². The van der Waals surface area contributed by atoms with Crippen LogP contribution in [0.15, 0.2) is 48.5 Å². The minimum absolute atomic E-state index is 0.0538. The van der Waals surface area contributed by atoms with Crippen LogP contribution >= 0.6 is 11.8 Å². The number of thioether (sulfide) groups is 1. The van der Waals surface area contributed by atoms with E-state index in [9.17, 15) is 14.4 Å². The first kappa shape index (κ1) is 23.9. The summed E-state index contributed by atoms with van der Waals surface area (Å²) in [6, 6.07) is 15.7. The normalized spacial score (nSPS) is 16.2. The highest BCUT2D eigenvalue weighted by Gasteiger charge is 2.34. The summed E-state index contributed by atoms with van der Waals surface area (Å²) in [5, 5.41) is 2.68. The first-order chi connectivity index (χ1) is 15.2. The number of anilines is 2. The van der Waals surface area contributed by atoms with Gasteiger partial charge >= 0.3 is 5.97 Å². The van der Waals surface area contributed by atoms with Crippen LogP contribution in [-0.2, 0) is 24.5 Å². The first-order valence-electron chi connectivity index (χ1n) is 10.8.